The molecule has 2 atom stereocenters. The van der Waals surface area contributed by atoms with Crippen LogP contribution >= 0.6 is 0 Å². The van der Waals surface area contributed by atoms with Crippen molar-refractivity contribution in [3.05, 3.63) is 35.4 Å². The van der Waals surface area contributed by atoms with Crippen molar-refractivity contribution in [2.45, 2.75) is 79.2 Å². The van der Waals surface area contributed by atoms with E-state index in [1.54, 1.807) is 13.8 Å². The van der Waals surface area contributed by atoms with Gasteiger partial charge in [0.2, 0.25) is 0 Å². The summed E-state index contributed by atoms with van der Waals surface area (Å²) in [4.78, 5) is 26.0. The van der Waals surface area contributed by atoms with Gasteiger partial charge in [-0.05, 0) is 64.8 Å². The topological polar surface area (TPSA) is 108 Å². The van der Waals surface area contributed by atoms with E-state index in [4.69, 9.17) is 37.9 Å². The third-order valence-electron chi connectivity index (χ3n) is 5.19. The van der Waals surface area contributed by atoms with Gasteiger partial charge in [-0.15, -0.1) is 0 Å². The van der Waals surface area contributed by atoms with E-state index < -0.39 is 23.9 Å². The number of hydrogen-bond donors (Lipinski definition) is 0. The predicted octanol–water partition coefficient (Wildman–Crippen LogP) is 5.09. The molecule has 1 aromatic carbocycles. The van der Waals surface area contributed by atoms with Gasteiger partial charge in [-0.1, -0.05) is 26.7 Å². The fourth-order valence-corrected chi connectivity index (χ4v) is 3.21. The quantitative estimate of drug-likeness (QED) is 0.112. The lowest BCUT2D eigenvalue weighted by molar-refractivity contribution is -0.370. The Kier molecular flexibility index (Phi) is 17.0. The zero-order chi connectivity index (χ0) is 28.3. The minimum absolute atomic E-state index is 0.0748. The van der Waals surface area contributed by atoms with Crippen LogP contribution in [0.5, 0.6) is 0 Å². The van der Waals surface area contributed by atoms with Gasteiger partial charge < -0.3 is 37.9 Å². The van der Waals surface area contributed by atoms with E-state index >= 15 is 0 Å². The Bertz CT molecular complexity index is 719. The molecular weight excluding hydrogens is 496 g/mol. The van der Waals surface area contributed by atoms with Gasteiger partial charge in [0.05, 0.1) is 37.6 Å². The molecule has 0 bridgehead atoms. The van der Waals surface area contributed by atoms with Crippen molar-refractivity contribution in [1.29, 1.82) is 0 Å². The number of benzene rings is 1. The molecule has 0 aromatic heterocycles. The fraction of sp³-hybridized carbons (Fsp3) is 0.714. The van der Waals surface area contributed by atoms with Crippen molar-refractivity contribution >= 4 is 11.9 Å². The summed E-state index contributed by atoms with van der Waals surface area (Å²) in [5, 5.41) is 0. The zero-order valence-electron chi connectivity index (χ0n) is 23.9. The molecule has 2 unspecified atom stereocenters. The van der Waals surface area contributed by atoms with E-state index in [0.29, 0.717) is 26.4 Å². The normalized spacial score (nSPS) is 14.5. The first kappa shape index (κ1) is 33.9. The van der Waals surface area contributed by atoms with Crippen molar-refractivity contribution in [3.8, 4) is 0 Å². The average molecular weight is 543 g/mol. The smallest absolute Gasteiger partial charge is 0.354 e. The van der Waals surface area contributed by atoms with Crippen molar-refractivity contribution in [2.24, 2.45) is 0 Å². The first-order chi connectivity index (χ1) is 18.3. The van der Waals surface area contributed by atoms with Gasteiger partial charge in [0.25, 0.3) is 0 Å². The number of rotatable bonds is 22. The first-order valence-electron chi connectivity index (χ1n) is 13.6. The highest BCUT2D eigenvalue weighted by Crippen LogP contribution is 2.22. The lowest BCUT2D eigenvalue weighted by Crippen LogP contribution is -2.46. The molecule has 0 fully saturated rings. The second-order valence-corrected chi connectivity index (χ2v) is 8.27. The van der Waals surface area contributed by atoms with Crippen LogP contribution in [0.4, 0.5) is 0 Å². The van der Waals surface area contributed by atoms with Crippen LogP contribution in [0, 0.1) is 0 Å². The van der Waals surface area contributed by atoms with Crippen LogP contribution < -0.4 is 0 Å². The number of hydrogen-bond acceptors (Lipinski definition) is 10. The molecule has 1 aromatic rings. The Morgan fingerprint density at radius 2 is 0.947 bits per heavy atom. The molecule has 0 aliphatic rings. The second kappa shape index (κ2) is 19.1. The minimum Gasteiger partial charge on any atom is -0.402 e. The van der Waals surface area contributed by atoms with Gasteiger partial charge in [-0.25, -0.2) is 9.59 Å². The minimum atomic E-state index is -1.67. The molecule has 0 N–H and O–H groups in total. The summed E-state index contributed by atoms with van der Waals surface area (Å²) in [6, 6.07) is 5.85. The van der Waals surface area contributed by atoms with Crippen LogP contribution in [0.3, 0.4) is 0 Å². The Balaban J connectivity index is 3.04. The number of unbranched alkanes of at least 4 members (excludes halogenated alkanes) is 2. The van der Waals surface area contributed by atoms with Crippen LogP contribution in [0.2, 0.25) is 0 Å². The summed E-state index contributed by atoms with van der Waals surface area (Å²) in [6.07, 6.45) is 3.34. The van der Waals surface area contributed by atoms with Crippen molar-refractivity contribution in [1.82, 2.24) is 0 Å². The third-order valence-corrected chi connectivity index (χ3v) is 5.19. The van der Waals surface area contributed by atoms with E-state index in [1.807, 2.05) is 27.7 Å². The Hall–Kier alpha value is -2.08. The molecule has 1 rings (SSSR count). The summed E-state index contributed by atoms with van der Waals surface area (Å²) in [5.74, 6) is -4.70. The molecule has 218 valence electrons. The molecular formula is C28H46O10. The second-order valence-electron chi connectivity index (χ2n) is 8.27. The van der Waals surface area contributed by atoms with Gasteiger partial charge in [0, 0.05) is 13.2 Å². The molecule has 0 aliphatic carbocycles. The molecule has 0 spiro atoms. The van der Waals surface area contributed by atoms with Crippen LogP contribution in [0.15, 0.2) is 24.3 Å². The average Bonchev–Trinajstić information content (AvgIpc) is 2.91. The van der Waals surface area contributed by atoms with Crippen LogP contribution in [-0.4, -0.2) is 76.7 Å². The summed E-state index contributed by atoms with van der Waals surface area (Å²) in [7, 11) is 0. The van der Waals surface area contributed by atoms with E-state index in [2.05, 4.69) is 0 Å². The number of carbonyl (C=O) groups excluding carboxylic acids is 2. The molecule has 38 heavy (non-hydrogen) atoms. The van der Waals surface area contributed by atoms with Crippen molar-refractivity contribution < 1.29 is 47.5 Å². The van der Waals surface area contributed by atoms with Crippen molar-refractivity contribution in [2.75, 3.05) is 52.9 Å². The highest BCUT2D eigenvalue weighted by atomic mass is 16.9. The summed E-state index contributed by atoms with van der Waals surface area (Å²) < 4.78 is 45.2. The number of esters is 2. The molecule has 10 heteroatoms. The Morgan fingerprint density at radius 3 is 1.24 bits per heavy atom. The van der Waals surface area contributed by atoms with Gasteiger partial charge >= 0.3 is 23.9 Å². The number of carbonyl (C=O) groups is 2. The number of ether oxygens (including phenoxy) is 8. The van der Waals surface area contributed by atoms with Crippen LogP contribution in [-0.2, 0) is 37.9 Å². The van der Waals surface area contributed by atoms with Gasteiger partial charge in [-0.3, -0.25) is 0 Å². The fourth-order valence-electron chi connectivity index (χ4n) is 3.21. The lowest BCUT2D eigenvalue weighted by Gasteiger charge is -2.32. The van der Waals surface area contributed by atoms with E-state index in [0.717, 1.165) is 25.7 Å². The van der Waals surface area contributed by atoms with E-state index in [9.17, 15) is 9.59 Å². The maximum absolute atomic E-state index is 13.0. The highest BCUT2D eigenvalue weighted by Gasteiger charge is 2.39. The lowest BCUT2D eigenvalue weighted by atomic mass is 10.1. The SMILES string of the molecule is CCCCOC(COCC)(OCC)OC(=O)c1ccc(C(=O)OC(COCC)(OCC)OCCCC)cc1. The molecule has 0 radical (unpaired) electrons. The molecule has 0 heterocycles. The zero-order valence-corrected chi connectivity index (χ0v) is 23.9. The standard InChI is InChI=1S/C28H46O10/c1-7-13-19-35-27(33-11-5,21-31-9-3)37-25(29)23-15-17-24(18-16-23)26(30)38-28(34-12-6,22-32-10-4)36-20-14-8-2/h15-18H,7-14,19-22H2,1-6H3. The maximum Gasteiger partial charge on any atom is 0.354 e. The summed E-state index contributed by atoms with van der Waals surface area (Å²) >= 11 is 0. The van der Waals surface area contributed by atoms with Crippen molar-refractivity contribution in [3.63, 3.8) is 0 Å². The molecule has 0 amide bonds. The first-order valence-corrected chi connectivity index (χ1v) is 13.6. The molecule has 0 saturated carbocycles. The van der Waals surface area contributed by atoms with Crippen LogP contribution in [0.25, 0.3) is 0 Å². The monoisotopic (exact) mass is 542 g/mol. The third kappa shape index (κ3) is 11.8. The van der Waals surface area contributed by atoms with Gasteiger partial charge in [0.15, 0.2) is 0 Å². The molecule has 10 nitrogen and oxygen atoms in total. The molecule has 0 aliphatic heterocycles. The van der Waals surface area contributed by atoms with Gasteiger partial charge in [-0.2, -0.15) is 0 Å². The van der Waals surface area contributed by atoms with E-state index in [-0.39, 0.29) is 37.6 Å². The Morgan fingerprint density at radius 1 is 0.579 bits per heavy atom. The highest BCUT2D eigenvalue weighted by molar-refractivity contribution is 5.93. The largest absolute Gasteiger partial charge is 0.402 e. The summed E-state index contributed by atoms with van der Waals surface area (Å²) in [5.41, 5.74) is 0.400. The predicted molar refractivity (Wildman–Crippen MR) is 141 cm³/mol. The van der Waals surface area contributed by atoms with Crippen LogP contribution in [0.1, 0.15) is 87.9 Å². The van der Waals surface area contributed by atoms with E-state index in [1.165, 1.54) is 24.3 Å². The molecule has 0 saturated heterocycles. The maximum atomic E-state index is 13.0. The Labute approximate surface area is 227 Å². The van der Waals surface area contributed by atoms with Gasteiger partial charge in [0.1, 0.15) is 13.2 Å². The summed E-state index contributed by atoms with van der Waals surface area (Å²) in [6.45, 7) is 13.1.